The molecule has 0 radical (unpaired) electrons. The number of Topliss-reactive ketones (excluding diaryl/α,β-unsaturated/α-hetero) is 1. The van der Waals surface area contributed by atoms with Gasteiger partial charge >= 0.3 is 12.0 Å². The Hall–Kier alpha value is -3.37. The summed E-state index contributed by atoms with van der Waals surface area (Å²) in [4.78, 5) is 37.5. The lowest BCUT2D eigenvalue weighted by Gasteiger charge is -2.27. The van der Waals surface area contributed by atoms with Crippen molar-refractivity contribution in [2.45, 2.75) is 83.5 Å². The number of rotatable bonds is 17. The molecule has 0 fully saturated rings. The van der Waals surface area contributed by atoms with Gasteiger partial charge in [0.1, 0.15) is 29.6 Å². The van der Waals surface area contributed by atoms with E-state index in [1.807, 2.05) is 25.1 Å². The van der Waals surface area contributed by atoms with Crippen LogP contribution in [0.4, 0.5) is 13.6 Å². The van der Waals surface area contributed by atoms with Crippen LogP contribution in [0.25, 0.3) is 0 Å². The van der Waals surface area contributed by atoms with E-state index in [2.05, 4.69) is 28.9 Å². The van der Waals surface area contributed by atoms with Crippen LogP contribution >= 0.6 is 0 Å². The van der Waals surface area contributed by atoms with Crippen molar-refractivity contribution in [1.29, 1.82) is 0 Å². The molecule has 220 valence electrons. The number of unbranched alkanes of at least 4 members (excludes halogenated alkanes) is 1. The van der Waals surface area contributed by atoms with Gasteiger partial charge in [-0.05, 0) is 54.5 Å². The van der Waals surface area contributed by atoms with Gasteiger partial charge in [0.2, 0.25) is 0 Å². The van der Waals surface area contributed by atoms with E-state index in [0.29, 0.717) is 18.5 Å². The molecule has 10 heteroatoms. The van der Waals surface area contributed by atoms with E-state index < -0.39 is 41.8 Å². The number of halogens is 2. The van der Waals surface area contributed by atoms with Crippen molar-refractivity contribution in [3.63, 3.8) is 0 Å². The van der Waals surface area contributed by atoms with Gasteiger partial charge in [-0.15, -0.1) is 0 Å². The van der Waals surface area contributed by atoms with Crippen molar-refractivity contribution in [2.24, 2.45) is 5.73 Å². The predicted molar refractivity (Wildman–Crippen MR) is 151 cm³/mol. The summed E-state index contributed by atoms with van der Waals surface area (Å²) in [6.07, 6.45) is 2.25. The first-order chi connectivity index (χ1) is 19.1. The van der Waals surface area contributed by atoms with Crippen LogP contribution < -0.4 is 21.7 Å². The van der Waals surface area contributed by atoms with Gasteiger partial charge in [-0.1, -0.05) is 44.5 Å². The summed E-state index contributed by atoms with van der Waals surface area (Å²) in [5, 5.41) is 8.20. The zero-order valence-corrected chi connectivity index (χ0v) is 23.6. The zero-order valence-electron chi connectivity index (χ0n) is 23.6. The van der Waals surface area contributed by atoms with E-state index in [1.54, 1.807) is 0 Å². The molecule has 0 aliphatic heterocycles. The monoisotopic (exact) mass is 560 g/mol. The third-order valence-corrected chi connectivity index (χ3v) is 6.55. The van der Waals surface area contributed by atoms with Crippen LogP contribution in [0.1, 0.15) is 62.6 Å². The van der Waals surface area contributed by atoms with E-state index in [0.717, 1.165) is 30.9 Å². The average Bonchev–Trinajstić information content (AvgIpc) is 2.92. The van der Waals surface area contributed by atoms with E-state index in [1.165, 1.54) is 24.7 Å². The number of esters is 1. The Balaban J connectivity index is 2.17. The molecule has 2 amide bonds. The molecular weight excluding hydrogens is 518 g/mol. The molecular formula is C30H42F2N4O4. The van der Waals surface area contributed by atoms with Crippen molar-refractivity contribution in [2.75, 3.05) is 13.6 Å². The van der Waals surface area contributed by atoms with Crippen molar-refractivity contribution in [3.8, 4) is 0 Å². The Morgan fingerprint density at radius 2 is 1.68 bits per heavy atom. The van der Waals surface area contributed by atoms with Gasteiger partial charge in [0.15, 0.2) is 0 Å². The van der Waals surface area contributed by atoms with E-state index in [9.17, 15) is 23.2 Å². The standard InChI is InChI=1S/C30H42F2N4O4/c1-4-6-10-25(37)11-12-27(36-30(39)34-3)29(38)40-28(19-35-18-21-9-7-8-20(5-2)13-21)26(33)16-22-14-23(31)17-24(32)15-22/h7-9,13-15,17,26-28,35H,4-6,10-12,16,18-19,33H2,1-3H3,(H2,34,36,39)/t26-,27+,28+/m0/s1. The van der Waals surface area contributed by atoms with Crippen LogP contribution in [0, 0.1) is 11.6 Å². The fourth-order valence-electron chi connectivity index (χ4n) is 4.25. The summed E-state index contributed by atoms with van der Waals surface area (Å²) in [5.74, 6) is -2.21. The van der Waals surface area contributed by atoms with Crippen LogP contribution in [0.3, 0.4) is 0 Å². The average molecular weight is 561 g/mol. The maximum absolute atomic E-state index is 13.8. The molecule has 0 aliphatic rings. The first kappa shape index (κ1) is 32.8. The molecule has 0 heterocycles. The third kappa shape index (κ3) is 11.8. The number of hydrogen-bond donors (Lipinski definition) is 4. The molecule has 2 aromatic rings. The number of nitrogens with two attached hydrogens (primary N) is 1. The highest BCUT2D eigenvalue weighted by molar-refractivity contribution is 5.85. The van der Waals surface area contributed by atoms with E-state index >= 15 is 0 Å². The summed E-state index contributed by atoms with van der Waals surface area (Å²) in [6, 6.07) is 8.71. The van der Waals surface area contributed by atoms with Crippen LogP contribution in [-0.4, -0.2) is 49.6 Å². The summed E-state index contributed by atoms with van der Waals surface area (Å²) in [6.45, 7) is 4.69. The minimum Gasteiger partial charge on any atom is -0.458 e. The number of aryl methyl sites for hydroxylation is 1. The van der Waals surface area contributed by atoms with Crippen molar-refractivity contribution in [1.82, 2.24) is 16.0 Å². The number of amides is 2. The number of benzene rings is 2. The van der Waals surface area contributed by atoms with Crippen molar-refractivity contribution in [3.05, 3.63) is 70.8 Å². The number of hydrogen-bond acceptors (Lipinski definition) is 6. The fourth-order valence-corrected chi connectivity index (χ4v) is 4.25. The zero-order chi connectivity index (χ0) is 29.5. The van der Waals surface area contributed by atoms with Crippen LogP contribution in [-0.2, 0) is 33.7 Å². The molecule has 5 N–H and O–H groups in total. The lowest BCUT2D eigenvalue weighted by molar-refractivity contribution is -0.152. The molecule has 40 heavy (non-hydrogen) atoms. The van der Waals surface area contributed by atoms with Crippen LogP contribution in [0.15, 0.2) is 42.5 Å². The van der Waals surface area contributed by atoms with Crippen molar-refractivity contribution < 1.29 is 27.9 Å². The minimum absolute atomic E-state index is 0.00397. The number of ketones is 1. The highest BCUT2D eigenvalue weighted by Gasteiger charge is 2.29. The van der Waals surface area contributed by atoms with E-state index in [-0.39, 0.29) is 31.6 Å². The van der Waals surface area contributed by atoms with Crippen LogP contribution in [0.5, 0.6) is 0 Å². The highest BCUT2D eigenvalue weighted by atomic mass is 19.1. The lowest BCUT2D eigenvalue weighted by atomic mass is 10.0. The number of ether oxygens (including phenoxy) is 1. The molecule has 0 aromatic heterocycles. The lowest BCUT2D eigenvalue weighted by Crippen LogP contribution is -2.51. The fraction of sp³-hybridized carbons (Fsp3) is 0.500. The Labute approximate surface area is 235 Å². The number of carbonyl (C=O) groups is 3. The van der Waals surface area contributed by atoms with Gasteiger partial charge in [-0.25, -0.2) is 18.4 Å². The van der Waals surface area contributed by atoms with Gasteiger partial charge in [0, 0.05) is 45.1 Å². The molecule has 2 aromatic carbocycles. The minimum atomic E-state index is -1.08. The van der Waals surface area contributed by atoms with Crippen molar-refractivity contribution >= 4 is 17.8 Å². The quantitative estimate of drug-likeness (QED) is 0.218. The molecule has 0 unspecified atom stereocenters. The van der Waals surface area contributed by atoms with Gasteiger partial charge in [-0.2, -0.15) is 0 Å². The Kier molecular flexibility index (Phi) is 14.2. The topological polar surface area (TPSA) is 123 Å². The number of urea groups is 1. The normalized spacial score (nSPS) is 13.2. The summed E-state index contributed by atoms with van der Waals surface area (Å²) < 4.78 is 33.3. The maximum Gasteiger partial charge on any atom is 0.329 e. The molecule has 2 rings (SSSR count). The second-order valence-corrected chi connectivity index (χ2v) is 9.88. The smallest absolute Gasteiger partial charge is 0.329 e. The SMILES string of the molecule is CCCCC(=O)CC[C@@H](NC(=O)NC)C(=O)O[C@H](CNCc1cccc(CC)c1)[C@@H](N)Cc1cc(F)cc(F)c1. The molecule has 0 spiro atoms. The number of carbonyl (C=O) groups excluding carboxylic acids is 3. The maximum atomic E-state index is 13.8. The summed E-state index contributed by atoms with van der Waals surface area (Å²) in [5.41, 5.74) is 8.96. The van der Waals surface area contributed by atoms with E-state index in [4.69, 9.17) is 10.5 Å². The molecule has 0 saturated heterocycles. The second kappa shape index (κ2) is 17.3. The second-order valence-electron chi connectivity index (χ2n) is 9.88. The molecule has 0 bridgehead atoms. The molecule has 8 nitrogen and oxygen atoms in total. The third-order valence-electron chi connectivity index (χ3n) is 6.55. The molecule has 3 atom stereocenters. The molecule has 0 aliphatic carbocycles. The van der Waals surface area contributed by atoms with Gasteiger partial charge in [-0.3, -0.25) is 4.79 Å². The first-order valence-electron chi connectivity index (χ1n) is 13.8. The highest BCUT2D eigenvalue weighted by Crippen LogP contribution is 2.14. The first-order valence-corrected chi connectivity index (χ1v) is 13.8. The Bertz CT molecular complexity index is 1090. The summed E-state index contributed by atoms with van der Waals surface area (Å²) in [7, 11) is 1.42. The van der Waals surface area contributed by atoms with Gasteiger partial charge in [0.25, 0.3) is 0 Å². The van der Waals surface area contributed by atoms with Crippen LogP contribution in [0.2, 0.25) is 0 Å². The summed E-state index contributed by atoms with van der Waals surface area (Å²) >= 11 is 0. The predicted octanol–water partition coefficient (Wildman–Crippen LogP) is 3.94. The number of nitrogens with one attached hydrogen (secondary N) is 3. The molecule has 0 saturated carbocycles. The van der Waals surface area contributed by atoms with Gasteiger partial charge < -0.3 is 26.4 Å². The Morgan fingerprint density at radius 3 is 2.33 bits per heavy atom. The Morgan fingerprint density at radius 1 is 0.975 bits per heavy atom. The largest absolute Gasteiger partial charge is 0.458 e. The van der Waals surface area contributed by atoms with Gasteiger partial charge in [0.05, 0.1) is 0 Å².